The first kappa shape index (κ1) is 17.8. The molecule has 1 atom stereocenters. The number of aromatic nitrogens is 2. The molecule has 7 nitrogen and oxygen atoms in total. The fraction of sp³-hybridized carbons (Fsp3) is 0.316. The molecule has 140 valence electrons. The molecule has 2 aromatic heterocycles. The minimum Gasteiger partial charge on any atom is -0.467 e. The van der Waals surface area contributed by atoms with Crippen LogP contribution in [0, 0.1) is 0 Å². The van der Waals surface area contributed by atoms with Gasteiger partial charge in [0.25, 0.3) is 5.91 Å². The normalized spacial score (nSPS) is 17.3. The van der Waals surface area contributed by atoms with Crippen molar-refractivity contribution < 1.29 is 13.7 Å². The third-order valence-corrected chi connectivity index (χ3v) is 4.96. The van der Waals surface area contributed by atoms with Crippen molar-refractivity contribution in [2.45, 2.75) is 25.3 Å². The number of piperidine rings is 1. The van der Waals surface area contributed by atoms with Gasteiger partial charge in [0.2, 0.25) is 11.7 Å². The maximum absolute atomic E-state index is 12.7. The highest BCUT2D eigenvalue weighted by atomic mass is 35.5. The number of likely N-dealkylation sites (tertiary alicyclic amines) is 1. The summed E-state index contributed by atoms with van der Waals surface area (Å²) in [5.74, 6) is 1.61. The molecule has 4 rings (SSSR count). The predicted octanol–water partition coefficient (Wildman–Crippen LogP) is 3.46. The minimum absolute atomic E-state index is 0.0112. The largest absolute Gasteiger partial charge is 0.467 e. The van der Waals surface area contributed by atoms with Crippen LogP contribution in [0.2, 0.25) is 5.02 Å². The topological polar surface area (TPSA) is 98.4 Å². The maximum atomic E-state index is 12.7. The summed E-state index contributed by atoms with van der Waals surface area (Å²) in [5.41, 5.74) is 6.90. The molecule has 1 fully saturated rings. The Kier molecular flexibility index (Phi) is 4.96. The predicted molar refractivity (Wildman–Crippen MR) is 99.2 cm³/mol. The molecule has 3 aromatic rings. The quantitative estimate of drug-likeness (QED) is 0.737. The Morgan fingerprint density at radius 2 is 2.15 bits per heavy atom. The Morgan fingerprint density at radius 1 is 1.33 bits per heavy atom. The second-order valence-electron chi connectivity index (χ2n) is 6.56. The van der Waals surface area contributed by atoms with E-state index in [1.165, 1.54) is 6.26 Å². The highest BCUT2D eigenvalue weighted by molar-refractivity contribution is 6.30. The van der Waals surface area contributed by atoms with Gasteiger partial charge in [-0.1, -0.05) is 16.8 Å². The van der Waals surface area contributed by atoms with E-state index in [1.807, 2.05) is 12.1 Å². The highest BCUT2D eigenvalue weighted by Gasteiger charge is 2.29. The molecule has 0 aliphatic carbocycles. The van der Waals surface area contributed by atoms with E-state index in [-0.39, 0.29) is 18.4 Å². The zero-order chi connectivity index (χ0) is 18.8. The van der Waals surface area contributed by atoms with Gasteiger partial charge in [-0.2, -0.15) is 4.98 Å². The lowest BCUT2D eigenvalue weighted by Gasteiger charge is -2.30. The average molecular weight is 387 g/mol. The SMILES string of the molecule is NCc1cc(C(=O)N2CCCC(c3nc(-c4ccc(Cl)cc4)no3)C2)co1. The first-order chi connectivity index (χ1) is 13.1. The number of benzene rings is 1. The van der Waals surface area contributed by atoms with Gasteiger partial charge in [0, 0.05) is 23.7 Å². The van der Waals surface area contributed by atoms with E-state index >= 15 is 0 Å². The molecule has 1 aliphatic rings. The zero-order valence-corrected chi connectivity index (χ0v) is 15.4. The number of nitrogens with two attached hydrogens (primary N) is 1. The van der Waals surface area contributed by atoms with Crippen LogP contribution >= 0.6 is 11.6 Å². The van der Waals surface area contributed by atoms with E-state index in [1.54, 1.807) is 23.1 Å². The lowest BCUT2D eigenvalue weighted by molar-refractivity contribution is 0.0695. The van der Waals surface area contributed by atoms with Crippen molar-refractivity contribution in [3.05, 3.63) is 58.8 Å². The van der Waals surface area contributed by atoms with E-state index in [2.05, 4.69) is 10.1 Å². The molecule has 1 aliphatic heterocycles. The number of amides is 1. The second kappa shape index (κ2) is 7.54. The summed E-state index contributed by atoms with van der Waals surface area (Å²) in [6.07, 6.45) is 3.22. The van der Waals surface area contributed by atoms with Gasteiger partial charge >= 0.3 is 0 Å². The van der Waals surface area contributed by atoms with Crippen LogP contribution in [0.25, 0.3) is 11.4 Å². The molecular formula is C19H19ClN4O3. The van der Waals surface area contributed by atoms with E-state index in [0.717, 1.165) is 18.4 Å². The van der Waals surface area contributed by atoms with Crippen molar-refractivity contribution in [1.29, 1.82) is 0 Å². The monoisotopic (exact) mass is 386 g/mol. The van der Waals surface area contributed by atoms with Gasteiger partial charge in [0.1, 0.15) is 12.0 Å². The van der Waals surface area contributed by atoms with Crippen LogP contribution in [-0.4, -0.2) is 34.0 Å². The van der Waals surface area contributed by atoms with Crippen LogP contribution in [-0.2, 0) is 6.54 Å². The Balaban J connectivity index is 1.48. The first-order valence-electron chi connectivity index (χ1n) is 8.80. The lowest BCUT2D eigenvalue weighted by Crippen LogP contribution is -2.39. The van der Waals surface area contributed by atoms with E-state index in [0.29, 0.717) is 41.2 Å². The molecule has 1 saturated heterocycles. The molecule has 0 bridgehead atoms. The smallest absolute Gasteiger partial charge is 0.257 e. The summed E-state index contributed by atoms with van der Waals surface area (Å²) < 4.78 is 10.8. The zero-order valence-electron chi connectivity index (χ0n) is 14.6. The van der Waals surface area contributed by atoms with Crippen LogP contribution in [0.4, 0.5) is 0 Å². The van der Waals surface area contributed by atoms with Crippen LogP contribution in [0.1, 0.15) is 40.8 Å². The summed E-state index contributed by atoms with van der Waals surface area (Å²) >= 11 is 5.92. The maximum Gasteiger partial charge on any atom is 0.257 e. The van der Waals surface area contributed by atoms with E-state index < -0.39 is 0 Å². The molecule has 1 amide bonds. The summed E-state index contributed by atoms with van der Waals surface area (Å²) in [6.45, 7) is 1.49. The number of carbonyl (C=O) groups is 1. The molecule has 1 unspecified atom stereocenters. The van der Waals surface area contributed by atoms with Crippen LogP contribution in [0.15, 0.2) is 45.5 Å². The molecule has 1 aromatic carbocycles. The summed E-state index contributed by atoms with van der Waals surface area (Å²) in [4.78, 5) is 19.0. The molecule has 0 radical (unpaired) electrons. The number of furan rings is 1. The summed E-state index contributed by atoms with van der Waals surface area (Å²) in [6, 6.07) is 8.96. The lowest BCUT2D eigenvalue weighted by atomic mass is 9.97. The van der Waals surface area contributed by atoms with Crippen molar-refractivity contribution in [2.75, 3.05) is 13.1 Å². The second-order valence-corrected chi connectivity index (χ2v) is 7.00. The van der Waals surface area contributed by atoms with E-state index in [4.69, 9.17) is 26.3 Å². The Hall–Kier alpha value is -2.64. The van der Waals surface area contributed by atoms with Gasteiger partial charge in [-0.05, 0) is 43.2 Å². The van der Waals surface area contributed by atoms with Crippen LogP contribution < -0.4 is 5.73 Å². The molecule has 3 heterocycles. The Bertz CT molecular complexity index is 935. The van der Waals surface area contributed by atoms with Gasteiger partial charge in [-0.3, -0.25) is 4.79 Å². The van der Waals surface area contributed by atoms with Gasteiger partial charge in [0.15, 0.2) is 0 Å². The molecular weight excluding hydrogens is 368 g/mol. The van der Waals surface area contributed by atoms with Crippen molar-refractivity contribution >= 4 is 17.5 Å². The van der Waals surface area contributed by atoms with Crippen molar-refractivity contribution in [3.63, 3.8) is 0 Å². The first-order valence-corrected chi connectivity index (χ1v) is 9.18. The standard InChI is InChI=1S/C19H19ClN4O3/c20-15-5-3-12(4-6-15)17-22-18(27-23-17)13-2-1-7-24(10-13)19(25)14-8-16(9-21)26-11-14/h3-6,8,11,13H,1-2,7,9-10,21H2. The van der Waals surface area contributed by atoms with Crippen molar-refractivity contribution in [1.82, 2.24) is 15.0 Å². The third kappa shape index (κ3) is 3.74. The van der Waals surface area contributed by atoms with Crippen molar-refractivity contribution in [2.24, 2.45) is 5.73 Å². The summed E-state index contributed by atoms with van der Waals surface area (Å²) in [7, 11) is 0. The molecule has 2 N–H and O–H groups in total. The van der Waals surface area contributed by atoms with Crippen molar-refractivity contribution in [3.8, 4) is 11.4 Å². The van der Waals surface area contributed by atoms with Gasteiger partial charge in [0.05, 0.1) is 18.0 Å². The number of hydrogen-bond acceptors (Lipinski definition) is 6. The number of halogens is 1. The number of nitrogens with zero attached hydrogens (tertiary/aromatic N) is 3. The minimum atomic E-state index is -0.0689. The molecule has 0 spiro atoms. The van der Waals surface area contributed by atoms with Gasteiger partial charge < -0.3 is 19.6 Å². The molecule has 27 heavy (non-hydrogen) atoms. The number of carbonyl (C=O) groups excluding carboxylic acids is 1. The van der Waals surface area contributed by atoms with Gasteiger partial charge in [-0.25, -0.2) is 0 Å². The molecule has 0 saturated carbocycles. The number of rotatable bonds is 4. The fourth-order valence-electron chi connectivity index (χ4n) is 3.26. The van der Waals surface area contributed by atoms with E-state index in [9.17, 15) is 4.79 Å². The Labute approximate surface area is 161 Å². The van der Waals surface area contributed by atoms with Gasteiger partial charge in [-0.15, -0.1) is 0 Å². The highest BCUT2D eigenvalue weighted by Crippen LogP contribution is 2.29. The third-order valence-electron chi connectivity index (χ3n) is 4.70. The fourth-order valence-corrected chi connectivity index (χ4v) is 3.39. The number of hydrogen-bond donors (Lipinski definition) is 1. The summed E-state index contributed by atoms with van der Waals surface area (Å²) in [5, 5.41) is 4.73. The average Bonchev–Trinajstić information content (AvgIpc) is 3.38. The molecule has 8 heteroatoms. The Morgan fingerprint density at radius 3 is 2.89 bits per heavy atom. The van der Waals surface area contributed by atoms with Crippen LogP contribution in [0.5, 0.6) is 0 Å². The van der Waals surface area contributed by atoms with Crippen LogP contribution in [0.3, 0.4) is 0 Å².